The summed E-state index contributed by atoms with van der Waals surface area (Å²) in [6, 6.07) is 3.50. The summed E-state index contributed by atoms with van der Waals surface area (Å²) in [5.74, 6) is 0.629. The molecule has 0 aromatic carbocycles. The second kappa shape index (κ2) is 3.55. The first-order valence-corrected chi connectivity index (χ1v) is 3.67. The lowest BCUT2D eigenvalue weighted by molar-refractivity contribution is 0.0979. The van der Waals surface area contributed by atoms with E-state index >= 15 is 0 Å². The second-order valence-electron chi connectivity index (χ2n) is 2.67. The molecular formula is C8H13NO2. The van der Waals surface area contributed by atoms with Gasteiger partial charge in [-0.2, -0.15) is 0 Å². The van der Waals surface area contributed by atoms with Crippen LogP contribution in [0.15, 0.2) is 22.8 Å². The molecule has 0 aliphatic rings. The second-order valence-corrected chi connectivity index (χ2v) is 2.67. The summed E-state index contributed by atoms with van der Waals surface area (Å²) in [4.78, 5) is 0. The van der Waals surface area contributed by atoms with E-state index in [-0.39, 0.29) is 5.92 Å². The van der Waals surface area contributed by atoms with Crippen molar-refractivity contribution in [3.05, 3.63) is 24.2 Å². The van der Waals surface area contributed by atoms with Crippen LogP contribution >= 0.6 is 0 Å². The van der Waals surface area contributed by atoms with Crippen LogP contribution in [0.3, 0.4) is 0 Å². The van der Waals surface area contributed by atoms with Crippen molar-refractivity contribution >= 4 is 0 Å². The van der Waals surface area contributed by atoms with E-state index in [1.807, 2.05) is 6.92 Å². The van der Waals surface area contributed by atoms with Crippen LogP contribution in [-0.2, 0) is 0 Å². The third kappa shape index (κ3) is 1.82. The predicted molar refractivity (Wildman–Crippen MR) is 41.9 cm³/mol. The molecule has 11 heavy (non-hydrogen) atoms. The van der Waals surface area contributed by atoms with Crippen LogP contribution in [-0.4, -0.2) is 11.7 Å². The highest BCUT2D eigenvalue weighted by Crippen LogP contribution is 2.20. The zero-order valence-corrected chi connectivity index (χ0v) is 6.53. The Labute approximate surface area is 65.8 Å². The molecule has 3 N–H and O–H groups in total. The highest BCUT2D eigenvalue weighted by Gasteiger charge is 2.16. The minimum absolute atomic E-state index is 0.0427. The van der Waals surface area contributed by atoms with Crippen molar-refractivity contribution in [2.75, 3.05) is 6.54 Å². The molecule has 0 aliphatic heterocycles. The lowest BCUT2D eigenvalue weighted by atomic mass is 10.0. The Balaban J connectivity index is 2.62. The van der Waals surface area contributed by atoms with Crippen molar-refractivity contribution in [3.8, 4) is 0 Å². The normalized spacial score (nSPS) is 16.3. The highest BCUT2D eigenvalue weighted by atomic mass is 16.4. The van der Waals surface area contributed by atoms with E-state index in [1.165, 1.54) is 0 Å². The van der Waals surface area contributed by atoms with Crippen LogP contribution in [0, 0.1) is 5.92 Å². The lowest BCUT2D eigenvalue weighted by Crippen LogP contribution is -2.18. The van der Waals surface area contributed by atoms with Crippen LogP contribution in [0.2, 0.25) is 0 Å². The first-order valence-electron chi connectivity index (χ1n) is 3.67. The number of hydrogen-bond acceptors (Lipinski definition) is 3. The molecule has 1 aromatic heterocycles. The molecule has 1 rings (SSSR count). The van der Waals surface area contributed by atoms with Gasteiger partial charge in [0.2, 0.25) is 0 Å². The van der Waals surface area contributed by atoms with Gasteiger partial charge in [-0.15, -0.1) is 0 Å². The van der Waals surface area contributed by atoms with E-state index in [0.29, 0.717) is 12.3 Å². The maximum atomic E-state index is 9.50. The molecule has 0 saturated carbocycles. The molecule has 0 aliphatic carbocycles. The summed E-state index contributed by atoms with van der Waals surface area (Å²) in [6.45, 7) is 2.34. The quantitative estimate of drug-likeness (QED) is 0.682. The molecule has 1 heterocycles. The fraction of sp³-hybridized carbons (Fsp3) is 0.500. The Morgan fingerprint density at radius 2 is 2.45 bits per heavy atom. The fourth-order valence-electron chi connectivity index (χ4n) is 0.869. The van der Waals surface area contributed by atoms with Crippen molar-refractivity contribution in [2.45, 2.75) is 13.0 Å². The molecule has 0 bridgehead atoms. The molecule has 2 atom stereocenters. The van der Waals surface area contributed by atoms with Gasteiger partial charge in [0.05, 0.1) is 6.26 Å². The molecule has 0 fully saturated rings. The van der Waals surface area contributed by atoms with Gasteiger partial charge in [0.15, 0.2) is 0 Å². The average Bonchev–Trinajstić information content (AvgIpc) is 2.53. The zero-order valence-electron chi connectivity index (χ0n) is 6.53. The smallest absolute Gasteiger partial charge is 0.132 e. The van der Waals surface area contributed by atoms with Crippen LogP contribution in [0.4, 0.5) is 0 Å². The molecule has 0 amide bonds. The SMILES string of the molecule is CC(CN)C(O)c1ccco1. The van der Waals surface area contributed by atoms with Gasteiger partial charge >= 0.3 is 0 Å². The summed E-state index contributed by atoms with van der Waals surface area (Å²) in [5, 5.41) is 9.50. The van der Waals surface area contributed by atoms with E-state index < -0.39 is 6.10 Å². The molecule has 0 saturated heterocycles. The Hall–Kier alpha value is -0.800. The summed E-state index contributed by atoms with van der Waals surface area (Å²) in [7, 11) is 0. The van der Waals surface area contributed by atoms with Gasteiger partial charge in [0, 0.05) is 5.92 Å². The Morgan fingerprint density at radius 1 is 1.73 bits per heavy atom. The fourth-order valence-corrected chi connectivity index (χ4v) is 0.869. The maximum absolute atomic E-state index is 9.50. The number of aliphatic hydroxyl groups excluding tert-OH is 1. The molecule has 3 nitrogen and oxygen atoms in total. The van der Waals surface area contributed by atoms with Crippen molar-refractivity contribution < 1.29 is 9.52 Å². The largest absolute Gasteiger partial charge is 0.467 e. The lowest BCUT2D eigenvalue weighted by Gasteiger charge is -2.13. The average molecular weight is 155 g/mol. The molecular weight excluding hydrogens is 142 g/mol. The summed E-state index contributed by atoms with van der Waals surface area (Å²) in [5.41, 5.74) is 5.38. The monoisotopic (exact) mass is 155 g/mol. The Kier molecular flexibility index (Phi) is 2.68. The molecule has 0 spiro atoms. The van der Waals surface area contributed by atoms with Gasteiger partial charge in [-0.05, 0) is 18.7 Å². The third-order valence-electron chi connectivity index (χ3n) is 1.75. The summed E-state index contributed by atoms with van der Waals surface area (Å²) < 4.78 is 5.01. The summed E-state index contributed by atoms with van der Waals surface area (Å²) in [6.07, 6.45) is 0.969. The minimum Gasteiger partial charge on any atom is -0.467 e. The van der Waals surface area contributed by atoms with Crippen LogP contribution in [0.5, 0.6) is 0 Å². The standard InChI is InChI=1S/C8H13NO2/c1-6(5-9)8(10)7-3-2-4-11-7/h2-4,6,8,10H,5,9H2,1H3. The third-order valence-corrected chi connectivity index (χ3v) is 1.75. The van der Waals surface area contributed by atoms with Gasteiger partial charge in [-0.25, -0.2) is 0 Å². The summed E-state index contributed by atoms with van der Waals surface area (Å²) >= 11 is 0. The number of nitrogens with two attached hydrogens (primary N) is 1. The minimum atomic E-state index is -0.574. The van der Waals surface area contributed by atoms with Crippen LogP contribution in [0.1, 0.15) is 18.8 Å². The van der Waals surface area contributed by atoms with E-state index in [1.54, 1.807) is 18.4 Å². The predicted octanol–water partition coefficient (Wildman–Crippen LogP) is 0.908. The Bertz CT molecular complexity index is 196. The van der Waals surface area contributed by atoms with E-state index in [4.69, 9.17) is 10.2 Å². The van der Waals surface area contributed by atoms with E-state index in [9.17, 15) is 5.11 Å². The van der Waals surface area contributed by atoms with E-state index in [2.05, 4.69) is 0 Å². The van der Waals surface area contributed by atoms with Crippen molar-refractivity contribution in [3.63, 3.8) is 0 Å². The van der Waals surface area contributed by atoms with Crippen LogP contribution < -0.4 is 5.73 Å². The van der Waals surface area contributed by atoms with Gasteiger partial charge in [0.1, 0.15) is 11.9 Å². The number of furan rings is 1. The first-order chi connectivity index (χ1) is 5.25. The van der Waals surface area contributed by atoms with Crippen LogP contribution in [0.25, 0.3) is 0 Å². The van der Waals surface area contributed by atoms with Crippen molar-refractivity contribution in [1.29, 1.82) is 0 Å². The topological polar surface area (TPSA) is 59.4 Å². The molecule has 2 unspecified atom stereocenters. The van der Waals surface area contributed by atoms with Crippen molar-refractivity contribution in [1.82, 2.24) is 0 Å². The van der Waals surface area contributed by atoms with Crippen molar-refractivity contribution in [2.24, 2.45) is 11.7 Å². The van der Waals surface area contributed by atoms with E-state index in [0.717, 1.165) is 0 Å². The zero-order chi connectivity index (χ0) is 8.27. The molecule has 3 heteroatoms. The highest BCUT2D eigenvalue weighted by molar-refractivity contribution is 5.02. The molecule has 62 valence electrons. The van der Waals surface area contributed by atoms with Gasteiger partial charge in [-0.3, -0.25) is 0 Å². The number of hydrogen-bond donors (Lipinski definition) is 2. The first kappa shape index (κ1) is 8.30. The van der Waals surface area contributed by atoms with Gasteiger partial charge < -0.3 is 15.3 Å². The number of rotatable bonds is 3. The molecule has 1 aromatic rings. The maximum Gasteiger partial charge on any atom is 0.132 e. The van der Waals surface area contributed by atoms with Gasteiger partial charge in [0.25, 0.3) is 0 Å². The number of aliphatic hydroxyl groups is 1. The Morgan fingerprint density at radius 3 is 2.91 bits per heavy atom. The van der Waals surface area contributed by atoms with Gasteiger partial charge in [-0.1, -0.05) is 6.92 Å². The molecule has 0 radical (unpaired) electrons.